The van der Waals surface area contributed by atoms with Gasteiger partial charge in [-0.25, -0.2) is 0 Å². The van der Waals surface area contributed by atoms with Crippen molar-refractivity contribution in [3.63, 3.8) is 0 Å². The second-order valence-electron chi connectivity index (χ2n) is 5.88. The van der Waals surface area contributed by atoms with Crippen molar-refractivity contribution in [2.24, 2.45) is 11.7 Å². The van der Waals surface area contributed by atoms with Crippen LogP contribution in [-0.4, -0.2) is 11.7 Å². The molecule has 0 fully saturated rings. The molecule has 1 aromatic carbocycles. The first-order valence-electron chi connectivity index (χ1n) is 6.85. The first-order valence-corrected chi connectivity index (χ1v) is 6.85. The Morgan fingerprint density at radius 3 is 2.17 bits per heavy atom. The van der Waals surface area contributed by atoms with Gasteiger partial charge in [-0.3, -0.25) is 0 Å². The summed E-state index contributed by atoms with van der Waals surface area (Å²) in [7, 11) is 0. The van der Waals surface area contributed by atoms with Gasteiger partial charge in [0.2, 0.25) is 0 Å². The molecule has 18 heavy (non-hydrogen) atoms. The zero-order chi connectivity index (χ0) is 13.8. The first-order chi connectivity index (χ1) is 8.37. The van der Waals surface area contributed by atoms with Crippen LogP contribution >= 0.6 is 0 Å². The zero-order valence-corrected chi connectivity index (χ0v) is 12.3. The zero-order valence-electron chi connectivity index (χ0n) is 12.3. The molecule has 2 nitrogen and oxygen atoms in total. The summed E-state index contributed by atoms with van der Waals surface area (Å²) < 4.78 is 6.24. The second-order valence-corrected chi connectivity index (χ2v) is 5.88. The van der Waals surface area contributed by atoms with Gasteiger partial charge in [-0.15, -0.1) is 0 Å². The Morgan fingerprint density at radius 1 is 1.17 bits per heavy atom. The first kappa shape index (κ1) is 15.2. The highest BCUT2D eigenvalue weighted by molar-refractivity contribution is 5.19. The topological polar surface area (TPSA) is 35.2 Å². The summed E-state index contributed by atoms with van der Waals surface area (Å²) in [5, 5.41) is 0. The summed E-state index contributed by atoms with van der Waals surface area (Å²) in [6.07, 6.45) is 1.03. The van der Waals surface area contributed by atoms with Gasteiger partial charge in [0, 0.05) is 0 Å². The molecule has 0 aliphatic carbocycles. The second kappa shape index (κ2) is 6.35. The molecule has 2 atom stereocenters. The van der Waals surface area contributed by atoms with E-state index >= 15 is 0 Å². The molecule has 0 aromatic heterocycles. The average Bonchev–Trinajstić information content (AvgIpc) is 2.36. The summed E-state index contributed by atoms with van der Waals surface area (Å²) in [6.45, 7) is 10.7. The molecule has 0 heterocycles. The molecule has 2 unspecified atom stereocenters. The van der Waals surface area contributed by atoms with E-state index in [1.807, 2.05) is 18.2 Å². The normalized spacial score (nSPS) is 15.7. The molecule has 0 spiro atoms. The van der Waals surface area contributed by atoms with Crippen LogP contribution in [0.2, 0.25) is 0 Å². The fraction of sp³-hybridized carbons (Fsp3) is 0.625. The lowest BCUT2D eigenvalue weighted by atomic mass is 9.93. The fourth-order valence-electron chi connectivity index (χ4n) is 1.94. The van der Waals surface area contributed by atoms with Gasteiger partial charge >= 0.3 is 0 Å². The maximum atomic E-state index is 6.38. The Labute approximate surface area is 112 Å². The molecule has 0 radical (unpaired) electrons. The lowest BCUT2D eigenvalue weighted by molar-refractivity contribution is -0.102. The Hall–Kier alpha value is -0.860. The number of benzene rings is 1. The Kier molecular flexibility index (Phi) is 5.36. The molecule has 1 rings (SSSR count). The van der Waals surface area contributed by atoms with Crippen molar-refractivity contribution in [2.75, 3.05) is 0 Å². The van der Waals surface area contributed by atoms with Crippen LogP contribution in [0.25, 0.3) is 0 Å². The molecule has 2 heteroatoms. The number of hydrogen-bond acceptors (Lipinski definition) is 2. The SMILES string of the molecule is CCC(C)(C)OC(C(C)C)C(N)c1ccccc1. The van der Waals surface area contributed by atoms with E-state index in [0.29, 0.717) is 5.92 Å². The molecule has 102 valence electrons. The minimum Gasteiger partial charge on any atom is -0.370 e. The highest BCUT2D eigenvalue weighted by Crippen LogP contribution is 2.28. The van der Waals surface area contributed by atoms with Gasteiger partial charge in [-0.2, -0.15) is 0 Å². The molecule has 0 saturated carbocycles. The van der Waals surface area contributed by atoms with Gasteiger partial charge in [-0.1, -0.05) is 51.1 Å². The average molecular weight is 249 g/mol. The van der Waals surface area contributed by atoms with Crippen LogP contribution in [0.3, 0.4) is 0 Å². The Bertz CT molecular complexity index is 345. The van der Waals surface area contributed by atoms with Gasteiger partial charge in [0.15, 0.2) is 0 Å². The van der Waals surface area contributed by atoms with Crippen LogP contribution in [0, 0.1) is 5.92 Å². The maximum Gasteiger partial charge on any atom is 0.0797 e. The summed E-state index contributed by atoms with van der Waals surface area (Å²) >= 11 is 0. The lowest BCUT2D eigenvalue weighted by Crippen LogP contribution is -2.40. The van der Waals surface area contributed by atoms with Crippen LogP contribution in [0.5, 0.6) is 0 Å². The summed E-state index contributed by atoms with van der Waals surface area (Å²) in [5.41, 5.74) is 7.40. The molecule has 1 aromatic rings. The standard InChI is InChI=1S/C16H27NO/c1-6-16(4,5)18-15(12(2)3)14(17)13-10-8-7-9-11-13/h7-12,14-15H,6,17H2,1-5H3. The van der Waals surface area contributed by atoms with Crippen molar-refractivity contribution < 1.29 is 4.74 Å². The number of hydrogen-bond donors (Lipinski definition) is 1. The summed E-state index contributed by atoms with van der Waals surface area (Å²) in [6, 6.07) is 10.1. The van der Waals surface area contributed by atoms with Crippen LogP contribution < -0.4 is 5.73 Å². The van der Waals surface area contributed by atoms with E-state index in [4.69, 9.17) is 10.5 Å². The molecule has 0 bridgehead atoms. The third kappa shape index (κ3) is 4.11. The van der Waals surface area contributed by atoms with Crippen LogP contribution in [0.4, 0.5) is 0 Å². The summed E-state index contributed by atoms with van der Waals surface area (Å²) in [5.74, 6) is 0.394. The largest absolute Gasteiger partial charge is 0.370 e. The molecule has 0 saturated heterocycles. The van der Waals surface area contributed by atoms with Crippen molar-refractivity contribution in [1.82, 2.24) is 0 Å². The van der Waals surface area contributed by atoms with E-state index in [1.165, 1.54) is 0 Å². The molecular weight excluding hydrogens is 222 g/mol. The fourth-order valence-corrected chi connectivity index (χ4v) is 1.94. The predicted octanol–water partition coefficient (Wildman–Crippen LogP) is 3.92. The van der Waals surface area contributed by atoms with Crippen LogP contribution in [0.15, 0.2) is 30.3 Å². The number of nitrogens with two attached hydrogens (primary N) is 1. The van der Waals surface area contributed by atoms with Gasteiger partial charge in [0.25, 0.3) is 0 Å². The van der Waals surface area contributed by atoms with Crippen molar-refractivity contribution in [1.29, 1.82) is 0 Å². The van der Waals surface area contributed by atoms with Crippen LogP contribution in [-0.2, 0) is 4.74 Å². The molecule has 2 N–H and O–H groups in total. The quantitative estimate of drug-likeness (QED) is 0.829. The highest BCUT2D eigenvalue weighted by Gasteiger charge is 2.29. The van der Waals surface area contributed by atoms with Gasteiger partial charge in [0.05, 0.1) is 17.7 Å². The molecule has 0 amide bonds. The van der Waals surface area contributed by atoms with Crippen molar-refractivity contribution in [3.8, 4) is 0 Å². The molecule has 0 aliphatic heterocycles. The van der Waals surface area contributed by atoms with E-state index in [1.54, 1.807) is 0 Å². The molecular formula is C16H27NO. The summed E-state index contributed by atoms with van der Waals surface area (Å²) in [4.78, 5) is 0. The van der Waals surface area contributed by atoms with Crippen molar-refractivity contribution in [2.45, 2.75) is 58.8 Å². The van der Waals surface area contributed by atoms with Gasteiger partial charge in [-0.05, 0) is 31.7 Å². The smallest absolute Gasteiger partial charge is 0.0797 e. The number of ether oxygens (including phenoxy) is 1. The van der Waals surface area contributed by atoms with E-state index < -0.39 is 0 Å². The van der Waals surface area contributed by atoms with Crippen molar-refractivity contribution in [3.05, 3.63) is 35.9 Å². The van der Waals surface area contributed by atoms with Crippen molar-refractivity contribution >= 4 is 0 Å². The third-order valence-corrected chi connectivity index (χ3v) is 3.50. The number of rotatable bonds is 6. The minimum atomic E-state index is -0.124. The van der Waals surface area contributed by atoms with E-state index in [0.717, 1.165) is 12.0 Å². The third-order valence-electron chi connectivity index (χ3n) is 3.50. The maximum absolute atomic E-state index is 6.38. The lowest BCUT2D eigenvalue weighted by Gasteiger charge is -2.35. The van der Waals surface area contributed by atoms with E-state index in [-0.39, 0.29) is 17.7 Å². The van der Waals surface area contributed by atoms with Gasteiger partial charge in [0.1, 0.15) is 0 Å². The minimum absolute atomic E-state index is 0.0438. The van der Waals surface area contributed by atoms with Crippen LogP contribution in [0.1, 0.15) is 52.6 Å². The Balaban J connectivity index is 2.86. The highest BCUT2D eigenvalue weighted by atomic mass is 16.5. The van der Waals surface area contributed by atoms with E-state index in [9.17, 15) is 0 Å². The Morgan fingerprint density at radius 2 is 1.72 bits per heavy atom. The van der Waals surface area contributed by atoms with Gasteiger partial charge < -0.3 is 10.5 Å². The van der Waals surface area contributed by atoms with E-state index in [2.05, 4.69) is 46.8 Å². The molecule has 0 aliphatic rings. The monoisotopic (exact) mass is 249 g/mol. The predicted molar refractivity (Wildman–Crippen MR) is 77.5 cm³/mol.